The van der Waals surface area contributed by atoms with Crippen LogP contribution in [0.5, 0.6) is 17.2 Å². The largest absolute Gasteiger partial charge is 0.507 e. The van der Waals surface area contributed by atoms with Crippen LogP contribution in [0.2, 0.25) is 0 Å². The third-order valence-electron chi connectivity index (χ3n) is 11.5. The van der Waals surface area contributed by atoms with E-state index in [-0.39, 0.29) is 44.5 Å². The molecular formula is C54H78O3. The van der Waals surface area contributed by atoms with E-state index in [1.165, 1.54) is 22.3 Å². The molecule has 3 nitrogen and oxygen atoms in total. The van der Waals surface area contributed by atoms with E-state index >= 15 is 0 Å². The average Bonchev–Trinajstić information content (AvgIpc) is 2.97. The molecule has 0 bridgehead atoms. The van der Waals surface area contributed by atoms with Crippen molar-refractivity contribution in [3.8, 4) is 50.6 Å². The zero-order valence-corrected chi connectivity index (χ0v) is 40.3. The highest BCUT2D eigenvalue weighted by molar-refractivity contribution is 5.97. The van der Waals surface area contributed by atoms with Crippen LogP contribution >= 0.6 is 0 Å². The van der Waals surface area contributed by atoms with Gasteiger partial charge in [0, 0.05) is 22.3 Å². The summed E-state index contributed by atoms with van der Waals surface area (Å²) in [5, 5.41) is 23.4. The van der Waals surface area contributed by atoms with Gasteiger partial charge in [0.2, 0.25) is 0 Å². The van der Waals surface area contributed by atoms with Crippen molar-refractivity contribution in [3.05, 3.63) is 86.5 Å². The standard InChI is InChI=1S/C54H78O3/c1-30-24-26-37(55)35(28-30)39-32(3)40(36-29-31(2)25-27-38(36)56)34(5)41(33(39)4)42-44(49(6,7)8)43(48(52(15,16)17)53(18,19)20)45(50(9,10)11)46(51(12,13)14)47(42)57-54(21,22)23/h24-29,48,55-56H,1-23H3. The number of phenolic OH excluding ortho intramolecular Hbond substituents is 2. The van der Waals surface area contributed by atoms with Gasteiger partial charge in [-0.3, -0.25) is 0 Å². The molecule has 0 amide bonds. The fourth-order valence-electron chi connectivity index (χ4n) is 10.2. The van der Waals surface area contributed by atoms with Crippen LogP contribution in [0.1, 0.15) is 181 Å². The Morgan fingerprint density at radius 3 is 1.11 bits per heavy atom. The Labute approximate surface area is 348 Å². The number of rotatable bonds is 5. The van der Waals surface area contributed by atoms with Gasteiger partial charge in [0.1, 0.15) is 22.8 Å². The first-order chi connectivity index (χ1) is 25.5. The van der Waals surface area contributed by atoms with Crippen molar-refractivity contribution in [2.45, 2.75) is 187 Å². The van der Waals surface area contributed by atoms with Crippen molar-refractivity contribution in [2.75, 3.05) is 0 Å². The van der Waals surface area contributed by atoms with Crippen LogP contribution in [0.15, 0.2) is 36.4 Å². The molecule has 57 heavy (non-hydrogen) atoms. The fourth-order valence-corrected chi connectivity index (χ4v) is 10.2. The van der Waals surface area contributed by atoms with Gasteiger partial charge in [-0.25, -0.2) is 0 Å². The normalized spacial score (nSPS) is 13.5. The Balaban J connectivity index is 2.67. The smallest absolute Gasteiger partial charge is 0.132 e. The molecule has 2 N–H and O–H groups in total. The van der Waals surface area contributed by atoms with Gasteiger partial charge in [0.25, 0.3) is 0 Å². The highest BCUT2D eigenvalue weighted by Gasteiger charge is 2.47. The number of phenols is 2. The van der Waals surface area contributed by atoms with Crippen LogP contribution in [0.4, 0.5) is 0 Å². The second-order valence-electron chi connectivity index (χ2n) is 23.4. The van der Waals surface area contributed by atoms with Crippen LogP contribution in [0, 0.1) is 45.4 Å². The van der Waals surface area contributed by atoms with Gasteiger partial charge in [-0.15, -0.1) is 0 Å². The maximum atomic E-state index is 11.7. The molecule has 0 heterocycles. The molecule has 0 aliphatic heterocycles. The molecule has 4 aromatic rings. The SMILES string of the molecule is Cc1ccc(O)c(-c2c(C)c(-c3cc(C)ccc3O)c(C)c(-c3c(OC(C)(C)C)c(C(C)(C)C)c(C(C)(C)C)c(C(C(C)(C)C)C(C)(C)C)c3C(C)(C)C)c2C)c1. The highest BCUT2D eigenvalue weighted by atomic mass is 16.5. The van der Waals surface area contributed by atoms with Crippen molar-refractivity contribution >= 4 is 0 Å². The zero-order chi connectivity index (χ0) is 43.9. The topological polar surface area (TPSA) is 49.7 Å². The van der Waals surface area contributed by atoms with E-state index in [9.17, 15) is 10.2 Å². The zero-order valence-electron chi connectivity index (χ0n) is 40.3. The first-order valence-corrected chi connectivity index (χ1v) is 21.2. The minimum Gasteiger partial charge on any atom is -0.507 e. The second kappa shape index (κ2) is 14.8. The lowest BCUT2D eigenvalue weighted by molar-refractivity contribution is 0.127. The lowest BCUT2D eigenvalue weighted by Gasteiger charge is -2.49. The molecule has 0 fully saturated rings. The molecule has 0 unspecified atom stereocenters. The van der Waals surface area contributed by atoms with Gasteiger partial charge >= 0.3 is 0 Å². The molecule has 0 aliphatic carbocycles. The molecule has 312 valence electrons. The van der Waals surface area contributed by atoms with Gasteiger partial charge in [0.15, 0.2) is 0 Å². The summed E-state index contributed by atoms with van der Waals surface area (Å²) >= 11 is 0. The van der Waals surface area contributed by atoms with Crippen molar-refractivity contribution in [2.24, 2.45) is 10.8 Å². The van der Waals surface area contributed by atoms with Crippen LogP contribution in [0.25, 0.3) is 33.4 Å². The predicted octanol–water partition coefficient (Wildman–Crippen LogP) is 15.9. The first kappa shape index (κ1) is 46.0. The predicted molar refractivity (Wildman–Crippen MR) is 248 cm³/mol. The maximum Gasteiger partial charge on any atom is 0.132 e. The minimum absolute atomic E-state index is 0.0918. The highest BCUT2D eigenvalue weighted by Crippen LogP contribution is 2.61. The molecule has 0 aliphatic rings. The van der Waals surface area contributed by atoms with Gasteiger partial charge < -0.3 is 14.9 Å². The third-order valence-corrected chi connectivity index (χ3v) is 11.5. The Morgan fingerprint density at radius 2 is 0.789 bits per heavy atom. The fraction of sp³-hybridized carbons (Fsp3) is 0.556. The molecule has 0 atom stereocenters. The number of hydrogen-bond acceptors (Lipinski definition) is 3. The lowest BCUT2D eigenvalue weighted by Crippen LogP contribution is -2.38. The summed E-state index contributed by atoms with van der Waals surface area (Å²) in [7, 11) is 0. The Bertz CT molecular complexity index is 2080. The molecule has 4 aromatic carbocycles. The van der Waals surface area contributed by atoms with Crippen molar-refractivity contribution < 1.29 is 14.9 Å². The number of aryl methyl sites for hydroxylation is 2. The van der Waals surface area contributed by atoms with E-state index in [0.717, 1.165) is 66.9 Å². The van der Waals surface area contributed by atoms with Gasteiger partial charge in [0.05, 0.1) is 0 Å². The molecule has 0 radical (unpaired) electrons. The Kier molecular flexibility index (Phi) is 12.0. The van der Waals surface area contributed by atoms with Crippen LogP contribution < -0.4 is 4.74 Å². The van der Waals surface area contributed by atoms with E-state index in [1.54, 1.807) is 0 Å². The summed E-state index contributed by atoms with van der Waals surface area (Å²) < 4.78 is 7.54. The number of aromatic hydroxyl groups is 2. The van der Waals surface area contributed by atoms with Crippen LogP contribution in [-0.2, 0) is 16.2 Å². The van der Waals surface area contributed by atoms with Crippen molar-refractivity contribution in [1.29, 1.82) is 0 Å². The van der Waals surface area contributed by atoms with E-state index in [0.29, 0.717) is 0 Å². The first-order valence-electron chi connectivity index (χ1n) is 21.2. The molecular weight excluding hydrogens is 697 g/mol. The molecule has 0 spiro atoms. The van der Waals surface area contributed by atoms with Crippen molar-refractivity contribution in [1.82, 2.24) is 0 Å². The molecule has 4 rings (SSSR count). The quantitative estimate of drug-likeness (QED) is 0.212. The van der Waals surface area contributed by atoms with Crippen LogP contribution in [-0.4, -0.2) is 15.8 Å². The summed E-state index contributed by atoms with van der Waals surface area (Å²) in [4.78, 5) is 0. The summed E-state index contributed by atoms with van der Waals surface area (Å²) in [6.07, 6.45) is 0. The lowest BCUT2D eigenvalue weighted by atomic mass is 9.56. The summed E-state index contributed by atoms with van der Waals surface area (Å²) in [5.74, 6) is 1.58. The minimum atomic E-state index is -0.518. The van der Waals surface area contributed by atoms with E-state index in [1.807, 2.05) is 24.3 Å². The Hall–Kier alpha value is -3.72. The number of benzene rings is 4. The van der Waals surface area contributed by atoms with Gasteiger partial charge in [-0.05, 0) is 163 Å². The van der Waals surface area contributed by atoms with E-state index < -0.39 is 5.60 Å². The van der Waals surface area contributed by atoms with E-state index in [4.69, 9.17) is 4.74 Å². The monoisotopic (exact) mass is 775 g/mol. The third kappa shape index (κ3) is 8.99. The van der Waals surface area contributed by atoms with Crippen LogP contribution in [0.3, 0.4) is 0 Å². The summed E-state index contributed by atoms with van der Waals surface area (Å²) in [6.45, 7) is 53.1. The molecule has 3 heteroatoms. The van der Waals surface area contributed by atoms with Gasteiger partial charge in [-0.2, -0.15) is 0 Å². The summed E-state index contributed by atoms with van der Waals surface area (Å²) in [5.41, 5.74) is 14.9. The molecule has 0 saturated carbocycles. The molecule has 0 aromatic heterocycles. The van der Waals surface area contributed by atoms with E-state index in [2.05, 4.69) is 171 Å². The van der Waals surface area contributed by atoms with Gasteiger partial charge in [-0.1, -0.05) is 127 Å². The summed E-state index contributed by atoms with van der Waals surface area (Å²) in [6, 6.07) is 11.8. The molecule has 0 saturated heterocycles. The maximum absolute atomic E-state index is 11.7. The number of hydrogen-bond donors (Lipinski definition) is 2. The second-order valence-corrected chi connectivity index (χ2v) is 23.4. The number of ether oxygens (including phenoxy) is 1. The average molecular weight is 775 g/mol. The Morgan fingerprint density at radius 1 is 0.439 bits per heavy atom. The van der Waals surface area contributed by atoms with Crippen molar-refractivity contribution in [3.63, 3.8) is 0 Å².